The average molecular weight is 235 g/mol. The number of halogens is 1. The number of rotatable bonds is 1. The third kappa shape index (κ3) is 2.84. The molecule has 2 rings (SSSR count). The predicted octanol–water partition coefficient (Wildman–Crippen LogP) is 2.94. The third-order valence-electron chi connectivity index (χ3n) is 3.25. The van der Waals surface area contributed by atoms with E-state index in [0.29, 0.717) is 17.4 Å². The summed E-state index contributed by atoms with van der Waals surface area (Å²) in [5.41, 5.74) is 0.577. The van der Waals surface area contributed by atoms with Crippen LogP contribution in [0.25, 0.3) is 0 Å². The normalized spacial score (nSPS) is 24.8. The highest BCUT2D eigenvalue weighted by molar-refractivity contribution is 5.94. The topological polar surface area (TPSA) is 20.3 Å². The van der Waals surface area contributed by atoms with Gasteiger partial charge in [0.25, 0.3) is 5.91 Å². The lowest BCUT2D eigenvalue weighted by molar-refractivity contribution is 0.0623. The second kappa shape index (κ2) is 4.86. The third-order valence-corrected chi connectivity index (χ3v) is 3.25. The molecular formula is C14H18FNO. The van der Waals surface area contributed by atoms with Gasteiger partial charge in [0, 0.05) is 18.7 Å². The molecule has 1 fully saturated rings. The van der Waals surface area contributed by atoms with Crippen molar-refractivity contribution < 1.29 is 9.18 Å². The van der Waals surface area contributed by atoms with Gasteiger partial charge in [-0.1, -0.05) is 13.8 Å². The average Bonchev–Trinajstić information content (AvgIpc) is 2.28. The van der Waals surface area contributed by atoms with Gasteiger partial charge in [0.05, 0.1) is 0 Å². The van der Waals surface area contributed by atoms with Crippen LogP contribution in [0, 0.1) is 17.7 Å². The second-order valence-electron chi connectivity index (χ2n) is 5.16. The summed E-state index contributed by atoms with van der Waals surface area (Å²) < 4.78 is 12.8. The van der Waals surface area contributed by atoms with Crippen LogP contribution in [0.2, 0.25) is 0 Å². The Morgan fingerprint density at radius 3 is 2.24 bits per heavy atom. The maximum absolute atomic E-state index is 12.8. The minimum atomic E-state index is -0.304. The number of amides is 1. The molecule has 1 saturated heterocycles. The molecule has 2 nitrogen and oxygen atoms in total. The number of piperidine rings is 1. The summed E-state index contributed by atoms with van der Waals surface area (Å²) in [6.45, 7) is 5.95. The first kappa shape index (κ1) is 12.1. The maximum atomic E-state index is 12.8. The van der Waals surface area contributed by atoms with Crippen LogP contribution in [0.1, 0.15) is 30.6 Å². The van der Waals surface area contributed by atoms with E-state index in [1.54, 1.807) is 12.1 Å². The molecule has 0 aromatic heterocycles. The van der Waals surface area contributed by atoms with Gasteiger partial charge in [-0.25, -0.2) is 4.39 Å². The second-order valence-corrected chi connectivity index (χ2v) is 5.16. The number of benzene rings is 1. The Bertz CT molecular complexity index is 391. The first-order chi connectivity index (χ1) is 8.06. The number of carbonyl (C=O) groups is 1. The predicted molar refractivity (Wildman–Crippen MR) is 65.2 cm³/mol. The molecule has 2 atom stereocenters. The molecule has 0 aliphatic carbocycles. The minimum absolute atomic E-state index is 0.0170. The van der Waals surface area contributed by atoms with Gasteiger partial charge in [0.15, 0.2) is 0 Å². The molecule has 1 heterocycles. The van der Waals surface area contributed by atoms with Gasteiger partial charge < -0.3 is 4.90 Å². The lowest BCUT2D eigenvalue weighted by atomic mass is 9.91. The van der Waals surface area contributed by atoms with Crippen molar-refractivity contribution in [3.8, 4) is 0 Å². The van der Waals surface area contributed by atoms with Gasteiger partial charge in [0.2, 0.25) is 0 Å². The summed E-state index contributed by atoms with van der Waals surface area (Å²) in [7, 11) is 0. The van der Waals surface area contributed by atoms with E-state index < -0.39 is 0 Å². The molecule has 1 aromatic carbocycles. The van der Waals surface area contributed by atoms with Crippen molar-refractivity contribution in [3.05, 3.63) is 35.6 Å². The zero-order chi connectivity index (χ0) is 12.4. The minimum Gasteiger partial charge on any atom is -0.338 e. The summed E-state index contributed by atoms with van der Waals surface area (Å²) in [6, 6.07) is 5.79. The molecule has 92 valence electrons. The zero-order valence-electron chi connectivity index (χ0n) is 10.3. The Morgan fingerprint density at radius 1 is 1.18 bits per heavy atom. The molecule has 0 radical (unpaired) electrons. The first-order valence-electron chi connectivity index (χ1n) is 6.11. The van der Waals surface area contributed by atoms with Gasteiger partial charge in [-0.05, 0) is 42.5 Å². The van der Waals surface area contributed by atoms with Crippen molar-refractivity contribution in [1.29, 1.82) is 0 Å². The summed E-state index contributed by atoms with van der Waals surface area (Å²) in [5.74, 6) is 0.802. The van der Waals surface area contributed by atoms with E-state index in [-0.39, 0.29) is 11.7 Å². The number of hydrogen-bond donors (Lipinski definition) is 0. The van der Waals surface area contributed by atoms with Crippen molar-refractivity contribution in [3.63, 3.8) is 0 Å². The molecule has 1 aliphatic heterocycles. The summed E-state index contributed by atoms with van der Waals surface area (Å²) >= 11 is 0. The quantitative estimate of drug-likeness (QED) is 0.733. The van der Waals surface area contributed by atoms with Crippen molar-refractivity contribution in [1.82, 2.24) is 4.90 Å². The fourth-order valence-corrected chi connectivity index (χ4v) is 2.60. The highest BCUT2D eigenvalue weighted by atomic mass is 19.1. The summed E-state index contributed by atoms with van der Waals surface area (Å²) in [4.78, 5) is 14.1. The van der Waals surface area contributed by atoms with Crippen molar-refractivity contribution in [2.45, 2.75) is 20.3 Å². The fourth-order valence-electron chi connectivity index (χ4n) is 2.60. The number of likely N-dealkylation sites (tertiary alicyclic amines) is 1. The summed E-state index contributed by atoms with van der Waals surface area (Å²) in [5, 5.41) is 0. The Balaban J connectivity index is 2.11. The van der Waals surface area contributed by atoms with Crippen LogP contribution in [0.15, 0.2) is 24.3 Å². The molecule has 0 unspecified atom stereocenters. The number of nitrogens with zero attached hydrogens (tertiary/aromatic N) is 1. The van der Waals surface area contributed by atoms with Gasteiger partial charge in [-0.2, -0.15) is 0 Å². The van der Waals surface area contributed by atoms with Gasteiger partial charge in [0.1, 0.15) is 5.82 Å². The molecule has 17 heavy (non-hydrogen) atoms. The van der Waals surface area contributed by atoms with E-state index in [1.165, 1.54) is 18.6 Å². The van der Waals surface area contributed by atoms with Crippen LogP contribution < -0.4 is 0 Å². The molecular weight excluding hydrogens is 217 g/mol. The highest BCUT2D eigenvalue weighted by Gasteiger charge is 2.25. The molecule has 0 spiro atoms. The van der Waals surface area contributed by atoms with Crippen LogP contribution in [0.3, 0.4) is 0 Å². The van der Waals surface area contributed by atoms with E-state index in [0.717, 1.165) is 13.1 Å². The molecule has 1 amide bonds. The fraction of sp³-hybridized carbons (Fsp3) is 0.500. The lowest BCUT2D eigenvalue weighted by Gasteiger charge is -2.35. The number of hydrogen-bond acceptors (Lipinski definition) is 1. The maximum Gasteiger partial charge on any atom is 0.253 e. The Labute approximate surface area is 101 Å². The largest absolute Gasteiger partial charge is 0.338 e. The number of carbonyl (C=O) groups excluding carboxylic acids is 1. The van der Waals surface area contributed by atoms with Crippen LogP contribution in [0.4, 0.5) is 4.39 Å². The van der Waals surface area contributed by atoms with E-state index in [4.69, 9.17) is 0 Å². The Hall–Kier alpha value is -1.38. The lowest BCUT2D eigenvalue weighted by Crippen LogP contribution is -2.42. The van der Waals surface area contributed by atoms with Gasteiger partial charge >= 0.3 is 0 Å². The molecule has 0 bridgehead atoms. The van der Waals surface area contributed by atoms with Crippen LogP contribution in [-0.4, -0.2) is 23.9 Å². The van der Waals surface area contributed by atoms with E-state index >= 15 is 0 Å². The van der Waals surface area contributed by atoms with E-state index in [1.807, 2.05) is 4.90 Å². The van der Waals surface area contributed by atoms with Crippen molar-refractivity contribution in [2.75, 3.05) is 13.1 Å². The van der Waals surface area contributed by atoms with Crippen LogP contribution in [0.5, 0.6) is 0 Å². The summed E-state index contributed by atoms with van der Waals surface area (Å²) in [6.07, 6.45) is 1.17. The SMILES string of the molecule is C[C@H]1C[C@H](C)CN(C(=O)c2ccc(F)cc2)C1. The van der Waals surface area contributed by atoms with Gasteiger partial charge in [-0.3, -0.25) is 4.79 Å². The monoisotopic (exact) mass is 235 g/mol. The molecule has 1 aromatic rings. The zero-order valence-corrected chi connectivity index (χ0v) is 10.3. The molecule has 1 aliphatic rings. The van der Waals surface area contributed by atoms with Crippen LogP contribution >= 0.6 is 0 Å². The Kier molecular flexibility index (Phi) is 3.46. The van der Waals surface area contributed by atoms with Crippen LogP contribution in [-0.2, 0) is 0 Å². The highest BCUT2D eigenvalue weighted by Crippen LogP contribution is 2.22. The molecule has 0 N–H and O–H groups in total. The Morgan fingerprint density at radius 2 is 1.71 bits per heavy atom. The van der Waals surface area contributed by atoms with Gasteiger partial charge in [-0.15, -0.1) is 0 Å². The van der Waals surface area contributed by atoms with E-state index in [2.05, 4.69) is 13.8 Å². The van der Waals surface area contributed by atoms with Crippen molar-refractivity contribution in [2.24, 2.45) is 11.8 Å². The standard InChI is InChI=1S/C14H18FNO/c1-10-7-11(2)9-16(8-10)14(17)12-3-5-13(15)6-4-12/h3-6,10-11H,7-9H2,1-2H3/t10-,11-/m0/s1. The molecule has 0 saturated carbocycles. The first-order valence-corrected chi connectivity index (χ1v) is 6.11. The smallest absolute Gasteiger partial charge is 0.253 e. The van der Waals surface area contributed by atoms with Crippen molar-refractivity contribution >= 4 is 5.91 Å². The molecule has 3 heteroatoms. The van der Waals surface area contributed by atoms with E-state index in [9.17, 15) is 9.18 Å².